The van der Waals surface area contributed by atoms with Gasteiger partial charge in [0.2, 0.25) is 5.91 Å². The first-order valence-electron chi connectivity index (χ1n) is 9.73. The number of urea groups is 1. The molecule has 0 aromatic heterocycles. The molecule has 2 saturated heterocycles. The summed E-state index contributed by atoms with van der Waals surface area (Å²) in [4.78, 5) is 62.4. The summed E-state index contributed by atoms with van der Waals surface area (Å²) in [7, 11) is 0. The maximum absolute atomic E-state index is 12.3. The van der Waals surface area contributed by atoms with Crippen molar-refractivity contribution in [3.05, 3.63) is 24.3 Å². The second kappa shape index (κ2) is 8.52. The lowest BCUT2D eigenvalue weighted by Crippen LogP contribution is -2.43. The maximum atomic E-state index is 12.3. The Morgan fingerprint density at radius 1 is 1.20 bits per heavy atom. The highest BCUT2D eigenvalue weighted by molar-refractivity contribution is 6.08. The zero-order valence-corrected chi connectivity index (χ0v) is 16.9. The minimum atomic E-state index is -1.04. The Kier molecular flexibility index (Phi) is 6.04. The van der Waals surface area contributed by atoms with Gasteiger partial charge in [-0.3, -0.25) is 24.1 Å². The van der Waals surface area contributed by atoms with Gasteiger partial charge in [-0.1, -0.05) is 6.92 Å². The molecule has 10 nitrogen and oxygen atoms in total. The summed E-state index contributed by atoms with van der Waals surface area (Å²) in [6.45, 7) is 2.89. The summed E-state index contributed by atoms with van der Waals surface area (Å²) in [5.41, 5.74) is 0.203. The van der Waals surface area contributed by atoms with Crippen molar-refractivity contribution in [1.29, 1.82) is 0 Å². The molecule has 30 heavy (non-hydrogen) atoms. The van der Waals surface area contributed by atoms with Gasteiger partial charge in [0, 0.05) is 24.3 Å². The highest BCUT2D eigenvalue weighted by Gasteiger charge is 2.47. The van der Waals surface area contributed by atoms with E-state index in [-0.39, 0.29) is 5.91 Å². The number of amides is 5. The van der Waals surface area contributed by atoms with E-state index in [0.29, 0.717) is 25.1 Å². The lowest BCUT2D eigenvalue weighted by Gasteiger charge is -2.18. The van der Waals surface area contributed by atoms with Crippen molar-refractivity contribution in [2.75, 3.05) is 29.9 Å². The molecule has 0 unspecified atom stereocenters. The van der Waals surface area contributed by atoms with Crippen molar-refractivity contribution in [1.82, 2.24) is 10.2 Å². The molecule has 160 valence electrons. The van der Waals surface area contributed by atoms with Crippen LogP contribution in [0.5, 0.6) is 0 Å². The summed E-state index contributed by atoms with van der Waals surface area (Å²) >= 11 is 0. The second-order valence-electron chi connectivity index (χ2n) is 7.41. The minimum Gasteiger partial charge on any atom is -0.454 e. The Morgan fingerprint density at radius 2 is 1.90 bits per heavy atom. The van der Waals surface area contributed by atoms with Gasteiger partial charge in [-0.15, -0.1) is 0 Å². The van der Waals surface area contributed by atoms with Gasteiger partial charge in [0.25, 0.3) is 11.8 Å². The lowest BCUT2D eigenvalue weighted by molar-refractivity contribution is -0.150. The number of hydrogen-bond donors (Lipinski definition) is 2. The molecule has 2 fully saturated rings. The van der Waals surface area contributed by atoms with Gasteiger partial charge < -0.3 is 20.3 Å². The molecule has 0 radical (unpaired) electrons. The van der Waals surface area contributed by atoms with Crippen LogP contribution in [-0.4, -0.2) is 59.9 Å². The molecule has 2 heterocycles. The number of nitrogens with one attached hydrogen (secondary N) is 2. The number of esters is 1. The van der Waals surface area contributed by atoms with E-state index >= 15 is 0 Å². The van der Waals surface area contributed by atoms with Gasteiger partial charge in [0.1, 0.15) is 12.1 Å². The standard InChI is InChI=1S/C20H24N4O6/c1-3-20(2)18(28)24(19(29)22-20)11-17(27)30-12-15(25)21-13-6-8-14(9-7-13)23-10-4-5-16(23)26/h6-9H,3-5,10-12H2,1-2H3,(H,21,25)(H,22,29)/t20-/m1/s1. The molecule has 2 aliphatic heterocycles. The van der Waals surface area contributed by atoms with Crippen LogP contribution in [-0.2, 0) is 23.9 Å². The van der Waals surface area contributed by atoms with E-state index in [0.717, 1.165) is 17.0 Å². The molecule has 1 aromatic carbocycles. The van der Waals surface area contributed by atoms with Gasteiger partial charge in [0.15, 0.2) is 6.61 Å². The molecule has 0 saturated carbocycles. The normalized spacial score (nSPS) is 21.1. The first-order valence-corrected chi connectivity index (χ1v) is 9.73. The number of carbonyl (C=O) groups is 5. The van der Waals surface area contributed by atoms with Gasteiger partial charge in [-0.05, 0) is 44.0 Å². The van der Waals surface area contributed by atoms with E-state index in [1.165, 1.54) is 0 Å². The average Bonchev–Trinajstić information content (AvgIpc) is 3.24. The van der Waals surface area contributed by atoms with E-state index in [9.17, 15) is 24.0 Å². The van der Waals surface area contributed by atoms with Gasteiger partial charge >= 0.3 is 12.0 Å². The predicted molar refractivity (Wildman–Crippen MR) is 107 cm³/mol. The molecule has 1 atom stereocenters. The predicted octanol–water partition coefficient (Wildman–Crippen LogP) is 1.02. The number of nitrogens with zero attached hydrogens (tertiary/aromatic N) is 2. The fraction of sp³-hybridized carbons (Fsp3) is 0.450. The second-order valence-corrected chi connectivity index (χ2v) is 7.41. The van der Waals surface area contributed by atoms with Gasteiger partial charge in [-0.2, -0.15) is 0 Å². The lowest BCUT2D eigenvalue weighted by atomic mass is 9.99. The summed E-state index contributed by atoms with van der Waals surface area (Å²) < 4.78 is 4.88. The number of imide groups is 1. The van der Waals surface area contributed by atoms with E-state index in [4.69, 9.17) is 4.74 Å². The van der Waals surface area contributed by atoms with E-state index in [1.54, 1.807) is 43.0 Å². The number of anilines is 2. The van der Waals surface area contributed by atoms with Gasteiger partial charge in [0.05, 0.1) is 0 Å². The van der Waals surface area contributed by atoms with Crippen LogP contribution in [0.1, 0.15) is 33.1 Å². The van der Waals surface area contributed by atoms with Crippen molar-refractivity contribution in [3.8, 4) is 0 Å². The fourth-order valence-electron chi connectivity index (χ4n) is 3.29. The largest absolute Gasteiger partial charge is 0.454 e. The van der Waals surface area contributed by atoms with Crippen molar-refractivity contribution >= 4 is 41.1 Å². The van der Waals surface area contributed by atoms with Crippen LogP contribution in [0.3, 0.4) is 0 Å². The first-order chi connectivity index (χ1) is 14.2. The number of ether oxygens (including phenoxy) is 1. The first kappa shape index (κ1) is 21.3. The topological polar surface area (TPSA) is 125 Å². The highest BCUT2D eigenvalue weighted by atomic mass is 16.5. The van der Waals surface area contributed by atoms with Gasteiger partial charge in [-0.25, -0.2) is 4.79 Å². The van der Waals surface area contributed by atoms with Crippen molar-refractivity contribution in [2.24, 2.45) is 0 Å². The fourth-order valence-corrected chi connectivity index (χ4v) is 3.29. The SMILES string of the molecule is CC[C@@]1(C)NC(=O)N(CC(=O)OCC(=O)Nc2ccc(N3CCCC3=O)cc2)C1=O. The van der Waals surface area contributed by atoms with E-state index in [1.807, 2.05) is 0 Å². The summed E-state index contributed by atoms with van der Waals surface area (Å²) in [6, 6.07) is 6.10. The molecule has 0 spiro atoms. The van der Waals surface area contributed by atoms with Crippen LogP contribution in [0.2, 0.25) is 0 Å². The molecule has 1 aromatic rings. The van der Waals surface area contributed by atoms with Crippen LogP contribution in [0.25, 0.3) is 0 Å². The molecule has 0 aliphatic carbocycles. The van der Waals surface area contributed by atoms with Crippen molar-refractivity contribution in [2.45, 2.75) is 38.6 Å². The highest BCUT2D eigenvalue weighted by Crippen LogP contribution is 2.23. The molecule has 2 aliphatic rings. The Balaban J connectivity index is 1.46. The van der Waals surface area contributed by atoms with Crippen LogP contribution >= 0.6 is 0 Å². The zero-order valence-electron chi connectivity index (χ0n) is 16.9. The Labute approximate surface area is 173 Å². The average molecular weight is 416 g/mol. The number of rotatable bonds is 7. The molecular weight excluding hydrogens is 392 g/mol. The Bertz CT molecular complexity index is 884. The third-order valence-corrected chi connectivity index (χ3v) is 5.24. The Morgan fingerprint density at radius 3 is 2.47 bits per heavy atom. The molecule has 0 bridgehead atoms. The smallest absolute Gasteiger partial charge is 0.326 e. The number of benzene rings is 1. The van der Waals surface area contributed by atoms with E-state index in [2.05, 4.69) is 10.6 Å². The monoisotopic (exact) mass is 416 g/mol. The summed E-state index contributed by atoms with van der Waals surface area (Å²) in [6.07, 6.45) is 1.74. The third-order valence-electron chi connectivity index (χ3n) is 5.24. The maximum Gasteiger partial charge on any atom is 0.326 e. The molecule has 5 amide bonds. The molecule has 2 N–H and O–H groups in total. The summed E-state index contributed by atoms with van der Waals surface area (Å²) in [5, 5.41) is 5.12. The van der Waals surface area contributed by atoms with Crippen molar-refractivity contribution in [3.63, 3.8) is 0 Å². The minimum absolute atomic E-state index is 0.0723. The Hall–Kier alpha value is -3.43. The quantitative estimate of drug-likeness (QED) is 0.505. The molecular formula is C20H24N4O6. The van der Waals surface area contributed by atoms with E-state index < -0.39 is 42.5 Å². The third kappa shape index (κ3) is 4.42. The molecule has 3 rings (SSSR count). The van der Waals surface area contributed by atoms with Crippen LogP contribution in [0, 0.1) is 0 Å². The number of hydrogen-bond acceptors (Lipinski definition) is 6. The van der Waals surface area contributed by atoms with Crippen LogP contribution in [0.15, 0.2) is 24.3 Å². The van der Waals surface area contributed by atoms with Crippen molar-refractivity contribution < 1.29 is 28.7 Å². The van der Waals surface area contributed by atoms with Crippen LogP contribution < -0.4 is 15.5 Å². The molecule has 10 heteroatoms. The number of carbonyl (C=O) groups excluding carboxylic acids is 5. The zero-order chi connectivity index (χ0) is 21.9. The summed E-state index contributed by atoms with van der Waals surface area (Å²) in [5.74, 6) is -1.86. The van der Waals surface area contributed by atoms with Crippen LogP contribution in [0.4, 0.5) is 16.2 Å².